The summed E-state index contributed by atoms with van der Waals surface area (Å²) in [7, 11) is 3.94. The molecule has 0 amide bonds. The Balaban J connectivity index is 2.16. The topological polar surface area (TPSA) is 45.0 Å². The van der Waals surface area contributed by atoms with Gasteiger partial charge in [-0.25, -0.2) is 0 Å². The first-order valence-electron chi connectivity index (χ1n) is 6.58. The van der Waals surface area contributed by atoms with Crippen molar-refractivity contribution in [3.8, 4) is 0 Å². The molecule has 0 aromatic carbocycles. The zero-order valence-corrected chi connectivity index (χ0v) is 11.4. The minimum Gasteiger partial charge on any atom is -0.383 e. The van der Waals surface area contributed by atoms with Gasteiger partial charge in [0.2, 0.25) is 0 Å². The van der Waals surface area contributed by atoms with Gasteiger partial charge >= 0.3 is 0 Å². The van der Waals surface area contributed by atoms with E-state index in [1.807, 2.05) is 0 Å². The molecule has 0 radical (unpaired) electrons. The van der Waals surface area contributed by atoms with Crippen molar-refractivity contribution in [3.63, 3.8) is 0 Å². The third kappa shape index (κ3) is 6.33. The summed E-state index contributed by atoms with van der Waals surface area (Å²) in [5.41, 5.74) is 5.63. The van der Waals surface area contributed by atoms with Crippen LogP contribution in [0.3, 0.4) is 0 Å². The molecule has 0 aliphatic carbocycles. The molecule has 5 heteroatoms. The lowest BCUT2D eigenvalue weighted by Gasteiger charge is -2.33. The van der Waals surface area contributed by atoms with E-state index in [1.165, 1.54) is 26.2 Å². The van der Waals surface area contributed by atoms with Gasteiger partial charge in [-0.2, -0.15) is 0 Å². The lowest BCUT2D eigenvalue weighted by Crippen LogP contribution is -2.47. The van der Waals surface area contributed by atoms with E-state index in [2.05, 4.69) is 21.7 Å². The van der Waals surface area contributed by atoms with Crippen LogP contribution in [-0.4, -0.2) is 94.4 Å². The summed E-state index contributed by atoms with van der Waals surface area (Å²) in [4.78, 5) is 7.32. The minimum atomic E-state index is 0.729. The second-order valence-electron chi connectivity index (χ2n) is 4.77. The fourth-order valence-electron chi connectivity index (χ4n) is 2.09. The average Bonchev–Trinajstić information content (AvgIpc) is 2.35. The Hall–Kier alpha value is -0.200. The quantitative estimate of drug-likeness (QED) is 0.602. The van der Waals surface area contributed by atoms with E-state index >= 15 is 0 Å². The van der Waals surface area contributed by atoms with Crippen LogP contribution in [0.4, 0.5) is 0 Å². The lowest BCUT2D eigenvalue weighted by molar-refractivity contribution is 0.116. The van der Waals surface area contributed by atoms with E-state index < -0.39 is 0 Å². The van der Waals surface area contributed by atoms with Gasteiger partial charge in [0, 0.05) is 66.0 Å². The molecule has 1 rings (SSSR count). The van der Waals surface area contributed by atoms with E-state index in [1.54, 1.807) is 7.11 Å². The third-order valence-electron chi connectivity index (χ3n) is 3.39. The van der Waals surface area contributed by atoms with Gasteiger partial charge in [0.1, 0.15) is 0 Å². The fourth-order valence-corrected chi connectivity index (χ4v) is 2.09. The van der Waals surface area contributed by atoms with Crippen LogP contribution in [0, 0.1) is 0 Å². The monoisotopic (exact) mass is 244 g/mol. The van der Waals surface area contributed by atoms with Crippen LogP contribution in [0.5, 0.6) is 0 Å². The summed E-state index contributed by atoms with van der Waals surface area (Å²) in [5, 5.41) is 0. The number of hydrogen-bond acceptors (Lipinski definition) is 5. The Bertz CT molecular complexity index is 183. The maximum Gasteiger partial charge on any atom is 0.0589 e. The molecule has 1 aliphatic heterocycles. The van der Waals surface area contributed by atoms with Gasteiger partial charge in [0.25, 0.3) is 0 Å². The van der Waals surface area contributed by atoms with Crippen molar-refractivity contribution in [2.24, 2.45) is 5.73 Å². The van der Waals surface area contributed by atoms with E-state index in [0.29, 0.717) is 0 Å². The van der Waals surface area contributed by atoms with E-state index in [0.717, 1.165) is 39.3 Å². The van der Waals surface area contributed by atoms with Crippen LogP contribution in [0.2, 0.25) is 0 Å². The number of ether oxygens (including phenoxy) is 1. The second kappa shape index (κ2) is 8.83. The highest BCUT2D eigenvalue weighted by Crippen LogP contribution is 1.99. The van der Waals surface area contributed by atoms with Crippen LogP contribution in [0.15, 0.2) is 0 Å². The van der Waals surface area contributed by atoms with E-state index in [4.69, 9.17) is 10.5 Å². The minimum absolute atomic E-state index is 0.729. The van der Waals surface area contributed by atoms with Crippen LogP contribution in [0.25, 0.3) is 0 Å². The molecule has 1 heterocycles. The zero-order valence-electron chi connectivity index (χ0n) is 11.4. The zero-order chi connectivity index (χ0) is 12.5. The van der Waals surface area contributed by atoms with Crippen LogP contribution < -0.4 is 5.73 Å². The van der Waals surface area contributed by atoms with Crippen molar-refractivity contribution in [2.75, 3.05) is 79.7 Å². The molecule has 1 saturated heterocycles. The molecular formula is C12H28N4O. The smallest absolute Gasteiger partial charge is 0.0589 e. The number of hydrogen-bond donors (Lipinski definition) is 1. The summed E-state index contributed by atoms with van der Waals surface area (Å²) < 4.78 is 5.12. The van der Waals surface area contributed by atoms with Crippen molar-refractivity contribution in [3.05, 3.63) is 0 Å². The van der Waals surface area contributed by atoms with Crippen molar-refractivity contribution < 1.29 is 4.74 Å². The van der Waals surface area contributed by atoms with Crippen molar-refractivity contribution >= 4 is 0 Å². The van der Waals surface area contributed by atoms with E-state index in [9.17, 15) is 0 Å². The number of nitrogens with zero attached hydrogens (tertiary/aromatic N) is 3. The number of rotatable bonds is 8. The molecular weight excluding hydrogens is 216 g/mol. The Morgan fingerprint density at radius 1 is 1.12 bits per heavy atom. The van der Waals surface area contributed by atoms with Crippen molar-refractivity contribution in [1.29, 1.82) is 0 Å². The summed E-state index contributed by atoms with van der Waals surface area (Å²) in [6.45, 7) is 10.5. The number of methoxy groups -OCH3 is 1. The molecule has 0 saturated carbocycles. The third-order valence-corrected chi connectivity index (χ3v) is 3.39. The summed E-state index contributed by atoms with van der Waals surface area (Å²) in [6, 6.07) is 0. The van der Waals surface area contributed by atoms with Gasteiger partial charge < -0.3 is 15.4 Å². The highest BCUT2D eigenvalue weighted by molar-refractivity contribution is 4.71. The van der Waals surface area contributed by atoms with Gasteiger partial charge in [-0.05, 0) is 7.05 Å². The van der Waals surface area contributed by atoms with Crippen molar-refractivity contribution in [1.82, 2.24) is 14.7 Å². The van der Waals surface area contributed by atoms with Gasteiger partial charge in [-0.1, -0.05) is 0 Å². The molecule has 0 bridgehead atoms. The van der Waals surface area contributed by atoms with E-state index in [-0.39, 0.29) is 0 Å². The fraction of sp³-hybridized carbons (Fsp3) is 1.00. The largest absolute Gasteiger partial charge is 0.383 e. The van der Waals surface area contributed by atoms with Crippen LogP contribution >= 0.6 is 0 Å². The first-order valence-corrected chi connectivity index (χ1v) is 6.58. The molecule has 2 N–H and O–H groups in total. The first-order chi connectivity index (χ1) is 8.26. The molecule has 0 unspecified atom stereocenters. The number of likely N-dealkylation sites (N-methyl/N-ethyl adjacent to an activating group) is 1. The molecule has 102 valence electrons. The lowest BCUT2D eigenvalue weighted by atomic mass is 10.3. The molecule has 5 nitrogen and oxygen atoms in total. The molecule has 17 heavy (non-hydrogen) atoms. The first kappa shape index (κ1) is 14.9. The predicted molar refractivity (Wildman–Crippen MR) is 71.3 cm³/mol. The standard InChI is InChI=1S/C12H28N4O/c1-14-5-7-16(8-6-14)10-9-15(4-3-13)11-12-17-2/h3-13H2,1-2H3. The maximum atomic E-state index is 5.63. The SMILES string of the molecule is COCCN(CCN)CCN1CCN(C)CC1. The Morgan fingerprint density at radius 2 is 1.82 bits per heavy atom. The number of piperazine rings is 1. The summed E-state index contributed by atoms with van der Waals surface area (Å²) in [6.07, 6.45) is 0. The summed E-state index contributed by atoms with van der Waals surface area (Å²) >= 11 is 0. The van der Waals surface area contributed by atoms with Crippen LogP contribution in [0.1, 0.15) is 0 Å². The van der Waals surface area contributed by atoms with Gasteiger partial charge in [-0.3, -0.25) is 9.80 Å². The molecule has 1 aliphatic rings. The number of nitrogens with two attached hydrogens (primary N) is 1. The van der Waals surface area contributed by atoms with Gasteiger partial charge in [0.05, 0.1) is 6.61 Å². The highest BCUT2D eigenvalue weighted by atomic mass is 16.5. The normalized spacial score (nSPS) is 19.1. The highest BCUT2D eigenvalue weighted by Gasteiger charge is 2.14. The molecule has 0 aromatic rings. The summed E-state index contributed by atoms with van der Waals surface area (Å²) in [5.74, 6) is 0. The Kier molecular flexibility index (Phi) is 7.72. The Labute approximate surface area is 105 Å². The van der Waals surface area contributed by atoms with Crippen molar-refractivity contribution in [2.45, 2.75) is 0 Å². The maximum absolute atomic E-state index is 5.63. The Morgan fingerprint density at radius 3 is 2.41 bits per heavy atom. The second-order valence-corrected chi connectivity index (χ2v) is 4.77. The van der Waals surface area contributed by atoms with Crippen LogP contribution in [-0.2, 0) is 4.74 Å². The molecule has 0 atom stereocenters. The van der Waals surface area contributed by atoms with Gasteiger partial charge in [0.15, 0.2) is 0 Å². The molecule has 0 aromatic heterocycles. The predicted octanol–water partition coefficient (Wildman–Crippen LogP) is -0.859. The van der Waals surface area contributed by atoms with Gasteiger partial charge in [-0.15, -0.1) is 0 Å². The average molecular weight is 244 g/mol. The molecule has 1 fully saturated rings. The molecule has 0 spiro atoms.